The first-order valence-electron chi connectivity index (χ1n) is 10.9. The van der Waals surface area contributed by atoms with Gasteiger partial charge in [-0.3, -0.25) is 4.79 Å². The number of fused-ring (bicyclic) bond motifs is 1. The molecule has 1 aromatic heterocycles. The number of hydrogen-bond acceptors (Lipinski definition) is 5. The number of carboxylic acids is 2. The minimum Gasteiger partial charge on any atom is -0.478 e. The van der Waals surface area contributed by atoms with Crippen LogP contribution in [0.15, 0.2) is 41.8 Å². The molecule has 1 unspecified atom stereocenters. The van der Waals surface area contributed by atoms with E-state index in [-0.39, 0.29) is 11.9 Å². The lowest BCUT2D eigenvalue weighted by Crippen LogP contribution is -2.45. The summed E-state index contributed by atoms with van der Waals surface area (Å²) in [5.41, 5.74) is 2.26. The van der Waals surface area contributed by atoms with Gasteiger partial charge in [-0.1, -0.05) is 29.3 Å². The zero-order valence-corrected chi connectivity index (χ0v) is 20.8. The molecular weight excluding hydrogens is 499 g/mol. The maximum Gasteiger partial charge on any atom is 0.328 e. The molecule has 0 spiro atoms. The summed E-state index contributed by atoms with van der Waals surface area (Å²) in [6.45, 7) is 4.03. The van der Waals surface area contributed by atoms with Crippen LogP contribution in [0, 0.1) is 0 Å². The number of thiophene rings is 1. The van der Waals surface area contributed by atoms with E-state index in [1.54, 1.807) is 12.1 Å². The number of amides is 1. The van der Waals surface area contributed by atoms with Crippen LogP contribution in [0.4, 0.5) is 0 Å². The van der Waals surface area contributed by atoms with Gasteiger partial charge in [0.15, 0.2) is 0 Å². The monoisotopic (exact) mass is 524 g/mol. The third-order valence-corrected chi connectivity index (χ3v) is 7.49. The molecule has 4 rings (SSSR count). The second-order valence-corrected chi connectivity index (χ2v) is 9.91. The standard InChI is InChI=1S/C20H22Cl2N2OS.C4H4O4/c21-16-4-3-14(11-17(16)22)12-20(25)24-9-5-19-15(6-10-26-19)18(24)13-23-7-1-2-8-23;5-3(6)1-2-4(7)8/h3-4,6,10-11,18H,1-2,5,7-9,12-13H2;1-2H,(H,5,6)(H,7,8)/b;2-1+. The molecule has 3 heterocycles. The maximum atomic E-state index is 13.1. The lowest BCUT2D eigenvalue weighted by Gasteiger charge is -2.38. The smallest absolute Gasteiger partial charge is 0.328 e. The average Bonchev–Trinajstić information content (AvgIpc) is 3.47. The Morgan fingerprint density at radius 1 is 1.00 bits per heavy atom. The van der Waals surface area contributed by atoms with Gasteiger partial charge in [-0.15, -0.1) is 11.3 Å². The van der Waals surface area contributed by atoms with E-state index in [1.165, 1.54) is 23.3 Å². The van der Waals surface area contributed by atoms with Crippen LogP contribution in [0.3, 0.4) is 0 Å². The third kappa shape index (κ3) is 7.30. The summed E-state index contributed by atoms with van der Waals surface area (Å²) >= 11 is 13.9. The molecule has 0 saturated carbocycles. The second kappa shape index (κ2) is 12.4. The first kappa shape index (κ1) is 26.2. The highest BCUT2D eigenvalue weighted by molar-refractivity contribution is 7.10. The lowest BCUT2D eigenvalue weighted by molar-refractivity contribution is -0.134. The number of rotatable bonds is 6. The molecule has 2 aromatic rings. The van der Waals surface area contributed by atoms with Gasteiger partial charge < -0.3 is 20.0 Å². The van der Waals surface area contributed by atoms with Crippen LogP contribution in [-0.2, 0) is 27.2 Å². The van der Waals surface area contributed by atoms with E-state index in [2.05, 4.69) is 21.2 Å². The van der Waals surface area contributed by atoms with Crippen LogP contribution >= 0.6 is 34.5 Å². The lowest BCUT2D eigenvalue weighted by atomic mass is 9.98. The van der Waals surface area contributed by atoms with E-state index in [0.717, 1.165) is 38.2 Å². The van der Waals surface area contributed by atoms with Crippen molar-refractivity contribution in [1.29, 1.82) is 0 Å². The van der Waals surface area contributed by atoms with Gasteiger partial charge >= 0.3 is 11.9 Å². The number of carbonyl (C=O) groups is 3. The van der Waals surface area contributed by atoms with Crippen molar-refractivity contribution in [2.75, 3.05) is 26.2 Å². The molecule has 34 heavy (non-hydrogen) atoms. The Hall–Kier alpha value is -2.39. The molecule has 0 bridgehead atoms. The number of likely N-dealkylation sites (tertiary alicyclic amines) is 1. The topological polar surface area (TPSA) is 98.2 Å². The fraction of sp³-hybridized carbons (Fsp3) is 0.375. The van der Waals surface area contributed by atoms with Gasteiger partial charge in [-0.25, -0.2) is 9.59 Å². The van der Waals surface area contributed by atoms with Crippen LogP contribution in [-0.4, -0.2) is 64.0 Å². The summed E-state index contributed by atoms with van der Waals surface area (Å²) in [7, 11) is 0. The minimum absolute atomic E-state index is 0.165. The number of benzene rings is 1. The van der Waals surface area contributed by atoms with E-state index in [9.17, 15) is 14.4 Å². The highest BCUT2D eigenvalue weighted by Crippen LogP contribution is 2.35. The van der Waals surface area contributed by atoms with Crippen molar-refractivity contribution < 1.29 is 24.6 Å². The predicted molar refractivity (Wildman–Crippen MR) is 133 cm³/mol. The Morgan fingerprint density at radius 2 is 1.68 bits per heavy atom. The van der Waals surface area contributed by atoms with Crippen LogP contribution in [0.5, 0.6) is 0 Å². The quantitative estimate of drug-likeness (QED) is 0.538. The van der Waals surface area contributed by atoms with E-state index in [1.807, 2.05) is 17.4 Å². The van der Waals surface area contributed by atoms with Crippen molar-refractivity contribution >= 4 is 52.4 Å². The SMILES string of the molecule is O=C(Cc1ccc(Cl)c(Cl)c1)N1CCc2sccc2C1CN1CCCC1.O=C(O)/C=C/C(=O)O. The summed E-state index contributed by atoms with van der Waals surface area (Å²) in [4.78, 5) is 38.2. The van der Waals surface area contributed by atoms with Crippen molar-refractivity contribution in [2.45, 2.75) is 31.7 Å². The number of carboxylic acid groups (broad SMARTS) is 2. The number of aliphatic carboxylic acids is 2. The van der Waals surface area contributed by atoms with Crippen LogP contribution < -0.4 is 0 Å². The molecule has 0 aliphatic carbocycles. The van der Waals surface area contributed by atoms with Crippen molar-refractivity contribution in [3.8, 4) is 0 Å². The summed E-state index contributed by atoms with van der Waals surface area (Å²) in [5, 5.41) is 18.8. The molecular formula is C24H26Cl2N2O5S. The predicted octanol–water partition coefficient (Wildman–Crippen LogP) is 4.53. The Kier molecular flexibility index (Phi) is 9.53. The van der Waals surface area contributed by atoms with Gasteiger partial charge in [-0.2, -0.15) is 0 Å². The maximum absolute atomic E-state index is 13.1. The molecule has 1 amide bonds. The molecule has 182 valence electrons. The molecule has 2 N–H and O–H groups in total. The first-order valence-corrected chi connectivity index (χ1v) is 12.5. The summed E-state index contributed by atoms with van der Waals surface area (Å²) in [6.07, 6.45) is 4.97. The fourth-order valence-corrected chi connectivity index (χ4v) is 5.42. The molecule has 1 atom stereocenters. The molecule has 10 heteroatoms. The van der Waals surface area contributed by atoms with Gasteiger partial charge in [-0.05, 0) is 67.1 Å². The van der Waals surface area contributed by atoms with Crippen LogP contribution in [0.1, 0.15) is 34.9 Å². The minimum atomic E-state index is -1.26. The Morgan fingerprint density at radius 3 is 2.29 bits per heavy atom. The van der Waals surface area contributed by atoms with E-state index < -0.39 is 11.9 Å². The number of carbonyl (C=O) groups excluding carboxylic acids is 1. The number of halogens is 2. The van der Waals surface area contributed by atoms with Gasteiger partial charge in [0.1, 0.15) is 0 Å². The van der Waals surface area contributed by atoms with Gasteiger partial charge in [0.2, 0.25) is 5.91 Å². The van der Waals surface area contributed by atoms with E-state index >= 15 is 0 Å². The largest absolute Gasteiger partial charge is 0.478 e. The Balaban J connectivity index is 0.000000350. The molecule has 0 radical (unpaired) electrons. The Bertz CT molecular complexity index is 1050. The van der Waals surface area contributed by atoms with Crippen LogP contribution in [0.25, 0.3) is 0 Å². The summed E-state index contributed by atoms with van der Waals surface area (Å²) in [6, 6.07) is 7.83. The zero-order chi connectivity index (χ0) is 24.7. The fourth-order valence-electron chi connectivity index (χ4n) is 4.17. The molecule has 7 nitrogen and oxygen atoms in total. The summed E-state index contributed by atoms with van der Waals surface area (Å²) < 4.78 is 0. The molecule has 1 aromatic carbocycles. The summed E-state index contributed by atoms with van der Waals surface area (Å²) in [5.74, 6) is -2.34. The van der Waals surface area contributed by atoms with Gasteiger partial charge in [0.05, 0.1) is 22.5 Å². The molecule has 1 fully saturated rings. The van der Waals surface area contributed by atoms with Crippen molar-refractivity contribution in [3.05, 3.63) is 67.8 Å². The highest BCUT2D eigenvalue weighted by Gasteiger charge is 2.33. The van der Waals surface area contributed by atoms with Crippen molar-refractivity contribution in [2.24, 2.45) is 0 Å². The zero-order valence-electron chi connectivity index (χ0n) is 18.5. The molecule has 2 aliphatic heterocycles. The Labute approximate surface area is 212 Å². The molecule has 2 aliphatic rings. The number of hydrogen-bond donors (Lipinski definition) is 2. The average molecular weight is 525 g/mol. The second-order valence-electron chi connectivity index (χ2n) is 8.09. The highest BCUT2D eigenvalue weighted by atomic mass is 35.5. The van der Waals surface area contributed by atoms with Crippen molar-refractivity contribution in [1.82, 2.24) is 9.80 Å². The van der Waals surface area contributed by atoms with E-state index in [4.69, 9.17) is 33.4 Å². The third-order valence-electron chi connectivity index (χ3n) is 5.75. The van der Waals surface area contributed by atoms with Gasteiger partial charge in [0, 0.05) is 30.1 Å². The van der Waals surface area contributed by atoms with Crippen molar-refractivity contribution in [3.63, 3.8) is 0 Å². The van der Waals surface area contributed by atoms with E-state index in [0.29, 0.717) is 28.6 Å². The van der Waals surface area contributed by atoms with Crippen LogP contribution in [0.2, 0.25) is 10.0 Å². The molecule has 1 saturated heterocycles. The first-order chi connectivity index (χ1) is 16.2. The normalized spacial score (nSPS) is 17.8. The number of nitrogens with zero attached hydrogens (tertiary/aromatic N) is 2. The van der Waals surface area contributed by atoms with Gasteiger partial charge in [0.25, 0.3) is 0 Å².